The Kier molecular flexibility index (Phi) is 4.81. The zero-order valence-corrected chi connectivity index (χ0v) is 13.4. The number of esters is 1. The molecule has 0 aliphatic heterocycles. The van der Waals surface area contributed by atoms with Gasteiger partial charge in [0.1, 0.15) is 10.6 Å². The summed E-state index contributed by atoms with van der Waals surface area (Å²) in [4.78, 5) is 35.7. The van der Waals surface area contributed by atoms with E-state index in [2.05, 4.69) is 10.1 Å². The first kappa shape index (κ1) is 15.7. The molecule has 0 aliphatic carbocycles. The standard InChI is InChI=1S/C12H10ClNO5S2/c1-3-19-12(17)14-9-7(10(16)18-2)8(15)5-4-6(13)20-11(5)21-9/h4H,3H2,1-2H3,(H,14,17). The topological polar surface area (TPSA) is 81.7 Å². The Hall–Kier alpha value is -1.64. The van der Waals surface area contributed by atoms with Crippen LogP contribution in [0.5, 0.6) is 0 Å². The largest absolute Gasteiger partial charge is 0.465 e. The molecule has 0 atom stereocenters. The quantitative estimate of drug-likeness (QED) is 0.861. The van der Waals surface area contributed by atoms with Crippen LogP contribution in [0.2, 0.25) is 4.34 Å². The number of amides is 1. The average Bonchev–Trinajstić information content (AvgIpc) is 2.79. The van der Waals surface area contributed by atoms with E-state index in [1.807, 2.05) is 0 Å². The molecule has 0 aliphatic rings. The molecule has 2 aromatic heterocycles. The summed E-state index contributed by atoms with van der Waals surface area (Å²) in [5.74, 6) is -0.827. The first-order chi connectivity index (χ1) is 9.97. The summed E-state index contributed by atoms with van der Waals surface area (Å²) in [7, 11) is 1.16. The summed E-state index contributed by atoms with van der Waals surface area (Å²) in [6.07, 6.45) is -0.750. The van der Waals surface area contributed by atoms with Gasteiger partial charge in [-0.25, -0.2) is 9.59 Å². The number of fused-ring (bicyclic) bond motifs is 1. The molecule has 2 rings (SSSR count). The van der Waals surface area contributed by atoms with Crippen molar-refractivity contribution in [2.75, 3.05) is 19.0 Å². The zero-order chi connectivity index (χ0) is 15.6. The fourth-order valence-corrected chi connectivity index (χ4v) is 4.24. The van der Waals surface area contributed by atoms with Gasteiger partial charge < -0.3 is 9.47 Å². The molecule has 6 nitrogen and oxygen atoms in total. The molecule has 0 aromatic carbocycles. The molecule has 1 N–H and O–H groups in total. The third-order valence-electron chi connectivity index (χ3n) is 2.44. The third-order valence-corrected chi connectivity index (χ3v) is 4.92. The molecule has 2 heterocycles. The van der Waals surface area contributed by atoms with Gasteiger partial charge in [0.15, 0.2) is 0 Å². The van der Waals surface area contributed by atoms with Crippen molar-refractivity contribution >= 4 is 60.7 Å². The minimum absolute atomic E-state index is 0.0799. The number of thiophene rings is 1. The van der Waals surface area contributed by atoms with Gasteiger partial charge in [0.2, 0.25) is 5.43 Å². The van der Waals surface area contributed by atoms with Crippen molar-refractivity contribution in [3.05, 3.63) is 26.2 Å². The number of hydrogen-bond donors (Lipinski definition) is 1. The Bertz CT molecular complexity index is 767. The van der Waals surface area contributed by atoms with Gasteiger partial charge in [0, 0.05) is 0 Å². The summed E-state index contributed by atoms with van der Waals surface area (Å²) in [5.41, 5.74) is -0.775. The second-order valence-electron chi connectivity index (χ2n) is 3.72. The van der Waals surface area contributed by atoms with Gasteiger partial charge >= 0.3 is 12.1 Å². The van der Waals surface area contributed by atoms with Crippen molar-refractivity contribution in [1.29, 1.82) is 0 Å². The Morgan fingerprint density at radius 2 is 2.10 bits per heavy atom. The van der Waals surface area contributed by atoms with Crippen molar-refractivity contribution in [1.82, 2.24) is 0 Å². The van der Waals surface area contributed by atoms with Crippen LogP contribution in [0.15, 0.2) is 10.9 Å². The number of rotatable bonds is 3. The monoisotopic (exact) mass is 347 g/mol. The van der Waals surface area contributed by atoms with Crippen LogP contribution in [-0.2, 0) is 9.47 Å². The van der Waals surface area contributed by atoms with E-state index in [1.165, 1.54) is 17.4 Å². The highest BCUT2D eigenvalue weighted by Crippen LogP contribution is 2.35. The van der Waals surface area contributed by atoms with Crippen LogP contribution in [0.4, 0.5) is 9.80 Å². The van der Waals surface area contributed by atoms with Gasteiger partial charge in [-0.05, 0) is 13.0 Å². The van der Waals surface area contributed by atoms with Crippen LogP contribution in [0, 0.1) is 0 Å². The SMILES string of the molecule is CCOC(=O)Nc1sc2sc(Cl)cc2c(=O)c1C(=O)OC. The molecule has 0 bridgehead atoms. The first-order valence-electron chi connectivity index (χ1n) is 5.76. The van der Waals surface area contributed by atoms with Gasteiger partial charge in [-0.15, -0.1) is 22.7 Å². The Morgan fingerprint density at radius 1 is 1.38 bits per heavy atom. The molecule has 21 heavy (non-hydrogen) atoms. The first-order valence-corrected chi connectivity index (χ1v) is 7.77. The van der Waals surface area contributed by atoms with Crippen LogP contribution < -0.4 is 10.7 Å². The summed E-state index contributed by atoms with van der Waals surface area (Å²) in [5, 5.41) is 2.79. The summed E-state index contributed by atoms with van der Waals surface area (Å²) < 4.78 is 10.4. The minimum Gasteiger partial charge on any atom is -0.465 e. The highest BCUT2D eigenvalue weighted by Gasteiger charge is 2.23. The molecule has 0 saturated heterocycles. The average molecular weight is 348 g/mol. The molecule has 112 valence electrons. The Morgan fingerprint density at radius 3 is 2.71 bits per heavy atom. The molecular formula is C12H10ClNO5S2. The highest BCUT2D eigenvalue weighted by molar-refractivity contribution is 7.41. The number of anilines is 1. The van der Waals surface area contributed by atoms with Gasteiger partial charge in [0.25, 0.3) is 0 Å². The van der Waals surface area contributed by atoms with E-state index >= 15 is 0 Å². The number of carbonyl (C=O) groups is 2. The van der Waals surface area contributed by atoms with E-state index in [4.69, 9.17) is 16.3 Å². The lowest BCUT2D eigenvalue weighted by Crippen LogP contribution is -2.21. The number of halogens is 1. The molecule has 0 spiro atoms. The Labute approximate surface area is 132 Å². The van der Waals surface area contributed by atoms with E-state index in [9.17, 15) is 14.4 Å². The number of ether oxygens (including phenoxy) is 2. The third kappa shape index (κ3) is 3.17. The van der Waals surface area contributed by atoms with E-state index in [-0.39, 0.29) is 17.2 Å². The maximum absolute atomic E-state index is 12.4. The summed E-state index contributed by atoms with van der Waals surface area (Å²) in [6, 6.07) is 1.49. The Balaban J connectivity index is 2.63. The van der Waals surface area contributed by atoms with Crippen LogP contribution in [-0.4, -0.2) is 25.8 Å². The molecular weight excluding hydrogens is 338 g/mol. The van der Waals surface area contributed by atoms with E-state index in [1.54, 1.807) is 6.92 Å². The van der Waals surface area contributed by atoms with Gasteiger partial charge in [0.05, 0.1) is 27.5 Å². The summed E-state index contributed by atoms with van der Waals surface area (Å²) >= 11 is 8.14. The van der Waals surface area contributed by atoms with Crippen molar-refractivity contribution in [3.8, 4) is 0 Å². The fourth-order valence-electron chi connectivity index (χ4n) is 1.60. The van der Waals surface area contributed by atoms with Crippen molar-refractivity contribution in [2.24, 2.45) is 0 Å². The highest BCUT2D eigenvalue weighted by atomic mass is 35.5. The molecule has 2 aromatic rings. The van der Waals surface area contributed by atoms with Crippen LogP contribution in [0.25, 0.3) is 9.40 Å². The number of methoxy groups -OCH3 is 1. The van der Waals surface area contributed by atoms with E-state index in [0.717, 1.165) is 18.4 Å². The molecule has 0 fully saturated rings. The lowest BCUT2D eigenvalue weighted by molar-refractivity contribution is 0.0601. The van der Waals surface area contributed by atoms with Gasteiger partial charge in [-0.2, -0.15) is 0 Å². The van der Waals surface area contributed by atoms with Gasteiger partial charge in [-0.3, -0.25) is 10.1 Å². The predicted octanol–water partition coefficient (Wildman–Crippen LogP) is 3.33. The van der Waals surface area contributed by atoms with Crippen molar-refractivity contribution < 1.29 is 19.1 Å². The molecule has 1 amide bonds. The van der Waals surface area contributed by atoms with Crippen LogP contribution in [0.3, 0.4) is 0 Å². The zero-order valence-electron chi connectivity index (χ0n) is 11.0. The fraction of sp³-hybridized carbons (Fsp3) is 0.250. The number of carbonyl (C=O) groups excluding carboxylic acids is 2. The normalized spacial score (nSPS) is 10.4. The molecule has 0 radical (unpaired) electrons. The second-order valence-corrected chi connectivity index (χ2v) is 6.69. The molecule has 0 unspecified atom stereocenters. The smallest absolute Gasteiger partial charge is 0.412 e. The molecule has 9 heteroatoms. The predicted molar refractivity (Wildman–Crippen MR) is 83.0 cm³/mol. The number of nitrogens with one attached hydrogen (secondary N) is 1. The summed E-state index contributed by atoms with van der Waals surface area (Å²) in [6.45, 7) is 1.81. The van der Waals surface area contributed by atoms with Gasteiger partial charge in [-0.1, -0.05) is 11.6 Å². The maximum Gasteiger partial charge on any atom is 0.412 e. The van der Waals surface area contributed by atoms with Crippen molar-refractivity contribution in [2.45, 2.75) is 6.92 Å². The molecule has 0 saturated carbocycles. The maximum atomic E-state index is 12.4. The van der Waals surface area contributed by atoms with E-state index in [0.29, 0.717) is 13.7 Å². The van der Waals surface area contributed by atoms with Crippen LogP contribution >= 0.6 is 34.3 Å². The van der Waals surface area contributed by atoms with E-state index < -0.39 is 17.5 Å². The van der Waals surface area contributed by atoms with Crippen LogP contribution in [0.1, 0.15) is 17.3 Å². The lowest BCUT2D eigenvalue weighted by atomic mass is 10.2. The minimum atomic E-state index is -0.827. The van der Waals surface area contributed by atoms with Crippen molar-refractivity contribution in [3.63, 3.8) is 0 Å². The lowest BCUT2D eigenvalue weighted by Gasteiger charge is -2.08. The second kappa shape index (κ2) is 6.42. The number of hydrogen-bond acceptors (Lipinski definition) is 7.